The molecule has 68 heavy (non-hydrogen) atoms. The maximum absolute atomic E-state index is 6.52. The fourth-order valence-corrected chi connectivity index (χ4v) is 10.1. The minimum atomic E-state index is -0.540. The van der Waals surface area contributed by atoms with Gasteiger partial charge < -0.3 is 28.9 Å². The van der Waals surface area contributed by atoms with Crippen LogP contribution in [0.25, 0.3) is 66.6 Å². The second-order valence-corrected chi connectivity index (χ2v) is 19.6. The smallest absolute Gasteiger partial charge is 0.132 e. The van der Waals surface area contributed by atoms with E-state index in [-0.39, 0.29) is 0 Å². The molecule has 4 atom stereocenters. The van der Waals surface area contributed by atoms with Crippen molar-refractivity contribution < 1.29 is 18.9 Å². The maximum Gasteiger partial charge on any atom is 0.132 e. The Morgan fingerprint density at radius 2 is 0.500 bits per heavy atom. The number of methoxy groups -OCH3 is 4. The topological polar surface area (TPSA) is 94.3 Å². The summed E-state index contributed by atoms with van der Waals surface area (Å²) < 4.78 is 26.1. The van der Waals surface area contributed by atoms with Crippen LogP contribution in [-0.4, -0.2) is 48.4 Å². The van der Waals surface area contributed by atoms with Crippen LogP contribution in [0.1, 0.15) is 149 Å². The van der Waals surface area contributed by atoms with Crippen LogP contribution in [0, 0.1) is 0 Å². The molecule has 5 heterocycles. The second-order valence-electron chi connectivity index (χ2n) is 19.6. The van der Waals surface area contributed by atoms with Gasteiger partial charge in [0, 0.05) is 72.8 Å². The van der Waals surface area contributed by atoms with E-state index >= 15 is 0 Å². The zero-order valence-electron chi connectivity index (χ0n) is 41.7. The molecule has 0 fully saturated rings. The Hall–Kier alpha value is -6.16. The minimum Gasteiger partial charge on any atom is -0.372 e. The zero-order chi connectivity index (χ0) is 48.0. The number of hydrogen-bond acceptors (Lipinski definition) is 6. The lowest BCUT2D eigenvalue weighted by Gasteiger charge is -2.21. The van der Waals surface area contributed by atoms with E-state index in [0.29, 0.717) is 23.7 Å². The third kappa shape index (κ3) is 8.53. The Bertz CT molecular complexity index is 2660. The van der Waals surface area contributed by atoms with Gasteiger partial charge >= 0.3 is 0 Å². The van der Waals surface area contributed by atoms with Crippen molar-refractivity contribution in [3.63, 3.8) is 0 Å². The van der Waals surface area contributed by atoms with Crippen molar-refractivity contribution in [2.45, 2.75) is 103 Å². The van der Waals surface area contributed by atoms with Crippen molar-refractivity contribution in [1.29, 1.82) is 0 Å². The zero-order valence-corrected chi connectivity index (χ0v) is 41.7. The molecule has 3 aromatic heterocycles. The molecular weight excluding hydrogens is 841 g/mol. The number of aromatic nitrogens is 4. The fourth-order valence-electron chi connectivity index (χ4n) is 10.1. The Balaban J connectivity index is 1.52. The first-order chi connectivity index (χ1) is 32.8. The summed E-state index contributed by atoms with van der Waals surface area (Å²) >= 11 is 0. The van der Waals surface area contributed by atoms with Gasteiger partial charge in [-0.3, -0.25) is 9.97 Å². The second kappa shape index (κ2) is 19.4. The first kappa shape index (κ1) is 46.9. The predicted octanol–water partition coefficient (Wildman–Crippen LogP) is 15.6. The number of ether oxygens (including phenoxy) is 4. The molecule has 0 amide bonds. The molecule has 7 aromatic rings. The minimum absolute atomic E-state index is 0.372. The molecule has 0 aliphatic carbocycles. The van der Waals surface area contributed by atoms with E-state index in [2.05, 4.69) is 187 Å². The van der Waals surface area contributed by atoms with Gasteiger partial charge in [-0.2, -0.15) is 0 Å². The lowest BCUT2D eigenvalue weighted by Crippen LogP contribution is -2.11. The average Bonchev–Trinajstić information content (AvgIpc) is 4.16. The Morgan fingerprint density at radius 1 is 0.309 bits per heavy atom. The van der Waals surface area contributed by atoms with E-state index in [9.17, 15) is 0 Å². The third-order valence-corrected chi connectivity index (χ3v) is 14.1. The molecule has 2 aliphatic heterocycles. The summed E-state index contributed by atoms with van der Waals surface area (Å²) in [5, 5.41) is 0. The highest BCUT2D eigenvalue weighted by Crippen LogP contribution is 2.50. The Morgan fingerprint density at radius 3 is 0.662 bits per heavy atom. The van der Waals surface area contributed by atoms with Crippen LogP contribution < -0.4 is 0 Å². The monoisotopic (exact) mass is 907 g/mol. The highest BCUT2D eigenvalue weighted by atomic mass is 16.5. The lowest BCUT2D eigenvalue weighted by molar-refractivity contribution is -0.0325. The van der Waals surface area contributed by atoms with Crippen molar-refractivity contribution in [1.82, 2.24) is 19.9 Å². The third-order valence-electron chi connectivity index (χ3n) is 14.1. The van der Waals surface area contributed by atoms with E-state index in [1.165, 1.54) is 22.3 Å². The Kier molecular flexibility index (Phi) is 13.4. The van der Waals surface area contributed by atoms with Crippen LogP contribution in [0.5, 0.6) is 0 Å². The SMILES string of the molecule is CO[C@@H]1c2nc(c(-c3ccc(C(C)C)cc3)c3ccc([nH]3)c(-c3ccc(C(C)C)cc3)c3nc(c(-c4ccc(C(C)C)cc4)c4ccc([nH]4)c2-c2ccc(C(C)C)cc2)[C@@H](OC)[C@H]3OC)[C@@H]1OC. The summed E-state index contributed by atoms with van der Waals surface area (Å²) in [6.45, 7) is 17.8. The highest BCUT2D eigenvalue weighted by molar-refractivity contribution is 5.92. The summed E-state index contributed by atoms with van der Waals surface area (Å²) in [6.07, 6.45) is -2.16. The molecule has 0 unspecified atom stereocenters. The van der Waals surface area contributed by atoms with Gasteiger partial charge in [0.05, 0.1) is 22.8 Å². The lowest BCUT2D eigenvalue weighted by atomic mass is 9.94. The summed E-state index contributed by atoms with van der Waals surface area (Å²) in [5.74, 6) is 1.49. The standard InChI is InChI=1S/C60H66N4O4/c1-33(2)37-13-21-41(22-14-37)49-45-29-30-46(61-45)50(42-23-15-38(16-24-42)34(3)4)55-59(67-11)60(68-12)56(64-55)52(44-27-19-40(20-28-44)36(7)8)48-32-31-47(62-48)51(43-25-17-39(18-26-43)35(5)6)54-58(66-10)57(65-9)53(49)63-54/h13-36,57-62H,1-12H3/t57-,58+,59-,60+. The largest absolute Gasteiger partial charge is 0.372 e. The molecule has 8 heteroatoms. The number of rotatable bonds is 12. The van der Waals surface area contributed by atoms with Crippen molar-refractivity contribution in [3.8, 4) is 44.5 Å². The quantitative estimate of drug-likeness (QED) is 0.127. The Labute approximate surface area is 402 Å². The maximum atomic E-state index is 6.52. The number of hydrogen-bond donors (Lipinski definition) is 2. The molecule has 2 N–H and O–H groups in total. The van der Waals surface area contributed by atoms with Gasteiger partial charge in [-0.1, -0.05) is 152 Å². The summed E-state index contributed by atoms with van der Waals surface area (Å²) in [4.78, 5) is 19.3. The number of fused-ring (bicyclic) bond motifs is 8. The number of nitrogens with zero attached hydrogens (tertiary/aromatic N) is 2. The van der Waals surface area contributed by atoms with Gasteiger partial charge in [-0.25, -0.2) is 0 Å². The van der Waals surface area contributed by atoms with E-state index < -0.39 is 24.4 Å². The van der Waals surface area contributed by atoms with Crippen LogP contribution in [-0.2, 0) is 18.9 Å². The van der Waals surface area contributed by atoms with E-state index in [4.69, 9.17) is 28.9 Å². The van der Waals surface area contributed by atoms with E-state index in [1.54, 1.807) is 28.4 Å². The molecule has 2 aliphatic rings. The predicted molar refractivity (Wildman–Crippen MR) is 278 cm³/mol. The molecular formula is C60H66N4O4. The normalized spacial score (nSPS) is 17.3. The van der Waals surface area contributed by atoms with Gasteiger partial charge in [0.25, 0.3) is 0 Å². The molecule has 0 saturated carbocycles. The van der Waals surface area contributed by atoms with Gasteiger partial charge in [0.15, 0.2) is 0 Å². The van der Waals surface area contributed by atoms with Gasteiger partial charge in [0.1, 0.15) is 24.4 Å². The molecule has 4 aromatic carbocycles. The number of H-pyrrole nitrogens is 2. The van der Waals surface area contributed by atoms with Crippen LogP contribution in [0.4, 0.5) is 0 Å². The first-order valence-corrected chi connectivity index (χ1v) is 24.2. The molecule has 8 nitrogen and oxygen atoms in total. The van der Waals surface area contributed by atoms with E-state index in [1.807, 2.05) is 0 Å². The molecule has 350 valence electrons. The molecule has 0 saturated heterocycles. The van der Waals surface area contributed by atoms with E-state index in [0.717, 1.165) is 89.4 Å². The highest BCUT2D eigenvalue weighted by Gasteiger charge is 2.40. The van der Waals surface area contributed by atoms with Gasteiger partial charge in [0.2, 0.25) is 0 Å². The summed E-state index contributed by atoms with van der Waals surface area (Å²) in [6, 6.07) is 44.0. The van der Waals surface area contributed by atoms with Gasteiger partial charge in [-0.15, -0.1) is 0 Å². The number of aromatic amines is 2. The fraction of sp³-hybridized carbons (Fsp3) is 0.333. The summed E-state index contributed by atoms with van der Waals surface area (Å²) in [5.41, 5.74) is 19.5. The number of nitrogens with one attached hydrogen (secondary N) is 2. The number of benzene rings is 4. The van der Waals surface area contributed by atoms with Crippen LogP contribution >= 0.6 is 0 Å². The van der Waals surface area contributed by atoms with Crippen LogP contribution in [0.3, 0.4) is 0 Å². The van der Waals surface area contributed by atoms with Crippen LogP contribution in [0.15, 0.2) is 121 Å². The molecule has 0 radical (unpaired) electrons. The van der Waals surface area contributed by atoms with Crippen molar-refractivity contribution in [2.75, 3.05) is 28.4 Å². The molecule has 9 rings (SSSR count). The van der Waals surface area contributed by atoms with Crippen molar-refractivity contribution in [2.24, 2.45) is 0 Å². The van der Waals surface area contributed by atoms with Crippen molar-refractivity contribution >= 4 is 22.1 Å². The van der Waals surface area contributed by atoms with Crippen molar-refractivity contribution in [3.05, 3.63) is 166 Å². The average molecular weight is 907 g/mol. The first-order valence-electron chi connectivity index (χ1n) is 24.2. The van der Waals surface area contributed by atoms with Crippen LogP contribution in [0.2, 0.25) is 0 Å². The molecule has 8 bridgehead atoms. The molecule has 0 spiro atoms. The summed E-state index contributed by atoms with van der Waals surface area (Å²) in [7, 11) is 7.01. The van der Waals surface area contributed by atoms with Gasteiger partial charge in [-0.05, 0) is 92.4 Å².